The van der Waals surface area contributed by atoms with Crippen molar-refractivity contribution in [2.24, 2.45) is 4.99 Å². The molecule has 1 heterocycles. The van der Waals surface area contributed by atoms with E-state index in [2.05, 4.69) is 9.73 Å². The number of nitrogens with zero attached hydrogens (tertiary/aromatic N) is 2. The molecule has 0 aliphatic heterocycles. The number of benzene rings is 1. The van der Waals surface area contributed by atoms with E-state index in [-0.39, 0.29) is 18.3 Å². The Hall–Kier alpha value is -2.02. The molecule has 1 aromatic carbocycles. The van der Waals surface area contributed by atoms with Gasteiger partial charge in [-0.1, -0.05) is 11.3 Å². The molecule has 0 saturated heterocycles. The van der Waals surface area contributed by atoms with E-state index in [1.165, 1.54) is 30.7 Å². The van der Waals surface area contributed by atoms with E-state index in [0.29, 0.717) is 15.0 Å². The van der Waals surface area contributed by atoms with Gasteiger partial charge in [0.25, 0.3) is 0 Å². The number of hydrogen-bond acceptors (Lipinski definition) is 4. The normalized spacial score (nSPS) is 11.8. The van der Waals surface area contributed by atoms with E-state index >= 15 is 0 Å². The summed E-state index contributed by atoms with van der Waals surface area (Å²) in [7, 11) is 1.28. The van der Waals surface area contributed by atoms with Crippen molar-refractivity contribution in [3.05, 3.63) is 28.8 Å². The van der Waals surface area contributed by atoms with Gasteiger partial charge < -0.3 is 9.30 Å². The molecule has 0 fully saturated rings. The highest BCUT2D eigenvalue weighted by Gasteiger charge is 2.11. The number of rotatable bonds is 2. The summed E-state index contributed by atoms with van der Waals surface area (Å²) in [6.45, 7) is 1.24. The van der Waals surface area contributed by atoms with Crippen molar-refractivity contribution in [3.63, 3.8) is 0 Å². The van der Waals surface area contributed by atoms with E-state index in [1.54, 1.807) is 6.07 Å². The number of ether oxygens (including phenoxy) is 1. The highest BCUT2D eigenvalue weighted by atomic mass is 32.1. The average Bonchev–Trinajstić information content (AvgIpc) is 2.65. The zero-order valence-corrected chi connectivity index (χ0v) is 11.2. The predicted octanol–water partition coefficient (Wildman–Crippen LogP) is 1.46. The summed E-state index contributed by atoms with van der Waals surface area (Å²) >= 11 is 1.15. The lowest BCUT2D eigenvalue weighted by Gasteiger charge is -2.03. The summed E-state index contributed by atoms with van der Waals surface area (Å²) in [6.07, 6.45) is 0. The van der Waals surface area contributed by atoms with Crippen LogP contribution in [0, 0.1) is 5.82 Å². The van der Waals surface area contributed by atoms with Crippen molar-refractivity contribution in [1.82, 2.24) is 4.57 Å². The van der Waals surface area contributed by atoms with Crippen LogP contribution in [0.25, 0.3) is 10.2 Å². The first-order chi connectivity index (χ1) is 9.01. The van der Waals surface area contributed by atoms with Crippen LogP contribution in [0.15, 0.2) is 23.2 Å². The topological polar surface area (TPSA) is 60.7 Å². The summed E-state index contributed by atoms with van der Waals surface area (Å²) in [5.74, 6) is -1.23. The third-order valence-corrected chi connectivity index (χ3v) is 3.45. The molecule has 0 aliphatic carbocycles. The maximum atomic E-state index is 13.2. The molecule has 0 aliphatic rings. The van der Waals surface area contributed by atoms with Crippen LogP contribution in [0.1, 0.15) is 6.92 Å². The number of halogens is 1. The number of methoxy groups -OCH3 is 1. The summed E-state index contributed by atoms with van der Waals surface area (Å²) in [4.78, 5) is 26.7. The first-order valence-electron chi connectivity index (χ1n) is 5.42. The van der Waals surface area contributed by atoms with E-state index in [0.717, 1.165) is 11.3 Å². The minimum absolute atomic E-state index is 0.0752. The molecule has 0 saturated carbocycles. The molecule has 100 valence electrons. The zero-order valence-electron chi connectivity index (χ0n) is 10.3. The van der Waals surface area contributed by atoms with Crippen LogP contribution < -0.4 is 4.80 Å². The van der Waals surface area contributed by atoms with Crippen LogP contribution in [0.5, 0.6) is 0 Å². The smallest absolute Gasteiger partial charge is 0.325 e. The Labute approximate surface area is 112 Å². The number of hydrogen-bond donors (Lipinski definition) is 0. The van der Waals surface area contributed by atoms with Crippen LogP contribution in [-0.2, 0) is 20.9 Å². The van der Waals surface area contributed by atoms with Crippen molar-refractivity contribution in [1.29, 1.82) is 0 Å². The lowest BCUT2D eigenvalue weighted by atomic mass is 10.3. The van der Waals surface area contributed by atoms with E-state index in [1.807, 2.05) is 0 Å². The van der Waals surface area contributed by atoms with Crippen LogP contribution in [0.4, 0.5) is 4.39 Å². The van der Waals surface area contributed by atoms with Gasteiger partial charge in [-0.05, 0) is 18.2 Å². The highest BCUT2D eigenvalue weighted by Crippen LogP contribution is 2.18. The van der Waals surface area contributed by atoms with Crippen molar-refractivity contribution >= 4 is 33.4 Å². The number of thiazole rings is 1. The summed E-state index contributed by atoms with van der Waals surface area (Å²) in [5, 5.41) is 0. The quantitative estimate of drug-likeness (QED) is 0.783. The molecule has 7 heteroatoms. The Kier molecular flexibility index (Phi) is 3.75. The Bertz CT molecular complexity index is 717. The average molecular weight is 282 g/mol. The first-order valence-corrected chi connectivity index (χ1v) is 6.24. The fraction of sp³-hybridized carbons (Fsp3) is 0.250. The van der Waals surface area contributed by atoms with E-state index in [4.69, 9.17) is 0 Å². The molecule has 5 nitrogen and oxygen atoms in total. The number of carbonyl (C=O) groups excluding carboxylic acids is 2. The zero-order chi connectivity index (χ0) is 14.0. The molecule has 0 N–H and O–H groups in total. The Balaban J connectivity index is 2.68. The second-order valence-electron chi connectivity index (χ2n) is 3.79. The van der Waals surface area contributed by atoms with Gasteiger partial charge in [-0.2, -0.15) is 4.99 Å². The molecule has 0 spiro atoms. The predicted molar refractivity (Wildman–Crippen MR) is 68.0 cm³/mol. The van der Waals surface area contributed by atoms with Gasteiger partial charge in [0.05, 0.1) is 17.3 Å². The fourth-order valence-corrected chi connectivity index (χ4v) is 2.71. The summed E-state index contributed by atoms with van der Waals surface area (Å²) in [6, 6.07) is 4.18. The first kappa shape index (κ1) is 13.4. The van der Waals surface area contributed by atoms with Crippen LogP contribution >= 0.6 is 11.3 Å². The maximum Gasteiger partial charge on any atom is 0.325 e. The van der Waals surface area contributed by atoms with Gasteiger partial charge in [-0.3, -0.25) is 9.59 Å². The Morgan fingerprint density at radius 1 is 1.47 bits per heavy atom. The maximum absolute atomic E-state index is 13.2. The monoisotopic (exact) mass is 282 g/mol. The molecular formula is C12H11FN2O3S. The molecule has 0 bridgehead atoms. The molecule has 0 radical (unpaired) electrons. The fourth-order valence-electron chi connectivity index (χ4n) is 1.61. The van der Waals surface area contributed by atoms with E-state index < -0.39 is 5.97 Å². The number of esters is 1. The molecule has 1 amide bonds. The molecule has 2 aromatic rings. The number of amides is 1. The Morgan fingerprint density at radius 2 is 2.21 bits per heavy atom. The van der Waals surface area contributed by atoms with Gasteiger partial charge >= 0.3 is 5.97 Å². The third-order valence-electron chi connectivity index (χ3n) is 2.41. The van der Waals surface area contributed by atoms with E-state index in [9.17, 15) is 14.0 Å². The molecule has 1 aromatic heterocycles. The van der Waals surface area contributed by atoms with Gasteiger partial charge in [0.2, 0.25) is 5.91 Å². The van der Waals surface area contributed by atoms with Gasteiger partial charge in [-0.15, -0.1) is 0 Å². The Morgan fingerprint density at radius 3 is 2.84 bits per heavy atom. The van der Waals surface area contributed by atoms with Gasteiger partial charge in [0.1, 0.15) is 12.4 Å². The lowest BCUT2D eigenvalue weighted by Crippen LogP contribution is -2.22. The summed E-state index contributed by atoms with van der Waals surface area (Å²) < 4.78 is 19.9. The van der Waals surface area contributed by atoms with Gasteiger partial charge in [0.15, 0.2) is 4.80 Å². The SMILES string of the molecule is COC(=O)Cn1c(=NC(C)=O)sc2cc(F)ccc21. The largest absolute Gasteiger partial charge is 0.468 e. The molecule has 0 unspecified atom stereocenters. The summed E-state index contributed by atoms with van der Waals surface area (Å²) in [5.41, 5.74) is 0.636. The van der Waals surface area contributed by atoms with Gasteiger partial charge in [0, 0.05) is 6.92 Å². The number of carbonyl (C=O) groups is 2. The standard InChI is InChI=1S/C12H11FN2O3S/c1-7(16)14-12-15(6-11(17)18-2)9-4-3-8(13)5-10(9)19-12/h3-5H,6H2,1-2H3. The number of aromatic nitrogens is 1. The van der Waals surface area contributed by atoms with Crippen LogP contribution in [-0.4, -0.2) is 23.6 Å². The van der Waals surface area contributed by atoms with Crippen molar-refractivity contribution in [2.45, 2.75) is 13.5 Å². The molecule has 0 atom stereocenters. The van der Waals surface area contributed by atoms with Crippen molar-refractivity contribution in [2.75, 3.05) is 7.11 Å². The molecule has 2 rings (SSSR count). The number of fused-ring (bicyclic) bond motifs is 1. The second-order valence-corrected chi connectivity index (χ2v) is 4.80. The minimum Gasteiger partial charge on any atom is -0.468 e. The van der Waals surface area contributed by atoms with Crippen LogP contribution in [0.2, 0.25) is 0 Å². The van der Waals surface area contributed by atoms with Crippen LogP contribution in [0.3, 0.4) is 0 Å². The second kappa shape index (κ2) is 5.31. The minimum atomic E-state index is -0.464. The highest BCUT2D eigenvalue weighted by molar-refractivity contribution is 7.16. The molecular weight excluding hydrogens is 271 g/mol. The van der Waals surface area contributed by atoms with Gasteiger partial charge in [-0.25, -0.2) is 4.39 Å². The van der Waals surface area contributed by atoms with Crippen molar-refractivity contribution in [3.8, 4) is 0 Å². The third kappa shape index (κ3) is 2.87. The van der Waals surface area contributed by atoms with Crippen molar-refractivity contribution < 1.29 is 18.7 Å². The molecule has 19 heavy (non-hydrogen) atoms. The lowest BCUT2D eigenvalue weighted by molar-refractivity contribution is -0.141.